The Labute approximate surface area is 176 Å². The molecule has 7 nitrogen and oxygen atoms in total. The Morgan fingerprint density at radius 1 is 1.14 bits per heavy atom. The first-order valence-corrected chi connectivity index (χ1v) is 10.9. The molecule has 0 saturated heterocycles. The van der Waals surface area contributed by atoms with Gasteiger partial charge in [0.15, 0.2) is 0 Å². The minimum Gasteiger partial charge on any atom is -0.419 e. The van der Waals surface area contributed by atoms with Crippen molar-refractivity contribution in [2.75, 3.05) is 0 Å². The van der Waals surface area contributed by atoms with E-state index in [9.17, 15) is 9.59 Å². The molecule has 2 amide bonds. The molecule has 3 heterocycles. The molecule has 0 spiro atoms. The molecule has 0 saturated carbocycles. The van der Waals surface area contributed by atoms with E-state index >= 15 is 0 Å². The van der Waals surface area contributed by atoms with Crippen LogP contribution in [-0.2, 0) is 5.75 Å². The number of hydrogen-bond acceptors (Lipinski definition) is 8. The van der Waals surface area contributed by atoms with E-state index in [-0.39, 0.29) is 5.75 Å². The fourth-order valence-electron chi connectivity index (χ4n) is 2.30. The minimum atomic E-state index is -0.474. The van der Waals surface area contributed by atoms with Gasteiger partial charge in [-0.1, -0.05) is 47.6 Å². The van der Waals surface area contributed by atoms with Crippen LogP contribution in [0.15, 0.2) is 46.2 Å². The first kappa shape index (κ1) is 18.9. The Morgan fingerprint density at radius 3 is 2.79 bits per heavy atom. The van der Waals surface area contributed by atoms with E-state index in [1.165, 1.54) is 22.7 Å². The van der Waals surface area contributed by atoms with Gasteiger partial charge in [0.05, 0.1) is 15.7 Å². The van der Waals surface area contributed by atoms with Crippen LogP contribution in [0.2, 0.25) is 5.02 Å². The third-order valence-electron chi connectivity index (χ3n) is 3.54. The second-order valence-electron chi connectivity index (χ2n) is 5.37. The van der Waals surface area contributed by atoms with Crippen molar-refractivity contribution in [1.29, 1.82) is 0 Å². The van der Waals surface area contributed by atoms with E-state index < -0.39 is 11.1 Å². The fourth-order valence-corrected chi connectivity index (χ4v) is 4.85. The van der Waals surface area contributed by atoms with Crippen molar-refractivity contribution in [2.45, 2.75) is 5.75 Å². The number of hydrogen-bond donors (Lipinski definition) is 2. The largest absolute Gasteiger partial charge is 0.419 e. The summed E-state index contributed by atoms with van der Waals surface area (Å²) < 4.78 is 6.41. The van der Waals surface area contributed by atoms with Crippen molar-refractivity contribution in [1.82, 2.24) is 21.0 Å². The molecular weight excluding hydrogens is 440 g/mol. The molecule has 142 valence electrons. The van der Waals surface area contributed by atoms with Gasteiger partial charge in [-0.25, -0.2) is 0 Å². The molecule has 0 fully saturated rings. The van der Waals surface area contributed by atoms with Gasteiger partial charge in [0.2, 0.25) is 5.89 Å². The monoisotopic (exact) mass is 450 g/mol. The van der Waals surface area contributed by atoms with E-state index in [0.29, 0.717) is 21.7 Å². The Bertz CT molecular complexity index is 1140. The summed E-state index contributed by atoms with van der Waals surface area (Å²) in [5, 5.41) is 10.5. The first-order chi connectivity index (χ1) is 13.6. The van der Waals surface area contributed by atoms with E-state index in [1.54, 1.807) is 0 Å². The highest BCUT2D eigenvalue weighted by Crippen LogP contribution is 2.34. The SMILES string of the molecule is O=C(NNC(=O)c1sc2ccccc2c1Cl)SCc1nnc(-c2cccs2)o1. The Hall–Kier alpha value is -2.40. The van der Waals surface area contributed by atoms with Crippen LogP contribution >= 0.6 is 46.0 Å². The van der Waals surface area contributed by atoms with Gasteiger partial charge < -0.3 is 4.42 Å². The van der Waals surface area contributed by atoms with Crippen LogP contribution in [0.3, 0.4) is 0 Å². The fraction of sp³-hybridized carbons (Fsp3) is 0.0588. The molecule has 2 N–H and O–H groups in total. The van der Waals surface area contributed by atoms with E-state index in [0.717, 1.165) is 26.7 Å². The Kier molecular flexibility index (Phi) is 5.62. The molecule has 4 rings (SSSR count). The van der Waals surface area contributed by atoms with Gasteiger partial charge in [-0.3, -0.25) is 20.4 Å². The average molecular weight is 451 g/mol. The number of hydrazine groups is 1. The lowest BCUT2D eigenvalue weighted by Gasteiger charge is -2.05. The standard InChI is InChI=1S/C17H11ClN4O3S3/c18-13-9-4-1-2-5-10(9)28-14(13)15(23)20-22-17(24)27-8-12-19-21-16(25-12)11-6-3-7-26-11/h1-7H,8H2,(H,20,23)(H,22,24). The van der Waals surface area contributed by atoms with Crippen LogP contribution in [0.1, 0.15) is 15.6 Å². The summed E-state index contributed by atoms with van der Waals surface area (Å²) in [7, 11) is 0. The van der Waals surface area contributed by atoms with Crippen molar-refractivity contribution < 1.29 is 14.0 Å². The molecule has 0 aliphatic rings. The zero-order valence-corrected chi connectivity index (χ0v) is 17.2. The van der Waals surface area contributed by atoms with Crippen LogP contribution < -0.4 is 10.9 Å². The lowest BCUT2D eigenvalue weighted by Crippen LogP contribution is -2.39. The molecular formula is C17H11ClN4O3S3. The number of thioether (sulfide) groups is 1. The second-order valence-corrected chi connectivity index (χ2v) is 8.70. The lowest BCUT2D eigenvalue weighted by atomic mass is 10.2. The molecule has 0 aliphatic carbocycles. The summed E-state index contributed by atoms with van der Waals surface area (Å²) >= 11 is 9.90. The summed E-state index contributed by atoms with van der Waals surface area (Å²) in [5.74, 6) is 0.447. The second kappa shape index (κ2) is 8.31. The number of rotatable bonds is 4. The van der Waals surface area contributed by atoms with E-state index in [1.807, 2.05) is 41.8 Å². The number of nitrogens with one attached hydrogen (secondary N) is 2. The maximum atomic E-state index is 12.3. The van der Waals surface area contributed by atoms with Crippen LogP contribution in [0.25, 0.3) is 20.9 Å². The van der Waals surface area contributed by atoms with Crippen LogP contribution in [-0.4, -0.2) is 21.3 Å². The van der Waals surface area contributed by atoms with Gasteiger partial charge in [-0.05, 0) is 17.5 Å². The summed E-state index contributed by atoms with van der Waals surface area (Å²) in [4.78, 5) is 25.5. The minimum absolute atomic E-state index is 0.184. The quantitative estimate of drug-likeness (QED) is 0.427. The highest BCUT2D eigenvalue weighted by molar-refractivity contribution is 8.12. The molecule has 4 aromatic rings. The third-order valence-corrected chi connectivity index (χ3v) is 6.83. The van der Waals surface area contributed by atoms with Crippen molar-refractivity contribution >= 4 is 67.3 Å². The molecule has 28 heavy (non-hydrogen) atoms. The number of nitrogens with zero attached hydrogens (tertiary/aromatic N) is 2. The Balaban J connectivity index is 1.30. The van der Waals surface area contributed by atoms with Crippen molar-refractivity contribution in [3.8, 4) is 10.8 Å². The number of thiophene rings is 2. The molecule has 11 heteroatoms. The third kappa shape index (κ3) is 4.04. The number of fused-ring (bicyclic) bond motifs is 1. The van der Waals surface area contributed by atoms with Gasteiger partial charge >= 0.3 is 0 Å². The zero-order chi connectivity index (χ0) is 19.5. The molecule has 0 bridgehead atoms. The molecule has 0 unspecified atom stereocenters. The topological polar surface area (TPSA) is 97.1 Å². The molecule has 0 aliphatic heterocycles. The molecule has 0 atom stereocenters. The van der Waals surface area contributed by atoms with Crippen LogP contribution in [0.5, 0.6) is 0 Å². The van der Waals surface area contributed by atoms with Gasteiger partial charge in [0.1, 0.15) is 4.88 Å². The lowest BCUT2D eigenvalue weighted by molar-refractivity contribution is 0.0943. The first-order valence-electron chi connectivity index (χ1n) is 7.88. The van der Waals surface area contributed by atoms with Crippen molar-refractivity contribution in [3.05, 3.63) is 57.6 Å². The molecule has 1 aromatic carbocycles. The number of carbonyl (C=O) groups excluding carboxylic acids is 2. The number of amides is 2. The number of benzene rings is 1. The van der Waals surface area contributed by atoms with Gasteiger partial charge in [-0.15, -0.1) is 32.9 Å². The Morgan fingerprint density at radius 2 is 2.00 bits per heavy atom. The predicted molar refractivity (Wildman–Crippen MR) is 112 cm³/mol. The average Bonchev–Trinajstić information content (AvgIpc) is 3.45. The number of aromatic nitrogens is 2. The predicted octanol–water partition coefficient (Wildman–Crippen LogP) is 4.95. The molecule has 3 aromatic heterocycles. The highest BCUT2D eigenvalue weighted by Gasteiger charge is 2.18. The van der Waals surface area contributed by atoms with Crippen LogP contribution in [0.4, 0.5) is 4.79 Å². The van der Waals surface area contributed by atoms with Crippen LogP contribution in [0, 0.1) is 0 Å². The maximum Gasteiger partial charge on any atom is 0.298 e. The zero-order valence-electron chi connectivity index (χ0n) is 14.0. The van der Waals surface area contributed by atoms with E-state index in [4.69, 9.17) is 16.0 Å². The summed E-state index contributed by atoms with van der Waals surface area (Å²) in [5.41, 5.74) is 4.71. The maximum absolute atomic E-state index is 12.3. The van der Waals surface area contributed by atoms with Gasteiger partial charge in [0.25, 0.3) is 17.0 Å². The van der Waals surface area contributed by atoms with E-state index in [2.05, 4.69) is 21.0 Å². The number of carbonyl (C=O) groups is 2. The smallest absolute Gasteiger partial charge is 0.298 e. The van der Waals surface area contributed by atoms with Crippen molar-refractivity contribution in [3.63, 3.8) is 0 Å². The molecule has 0 radical (unpaired) electrons. The van der Waals surface area contributed by atoms with Crippen molar-refractivity contribution in [2.24, 2.45) is 0 Å². The number of halogens is 1. The summed E-state index contributed by atoms with van der Waals surface area (Å²) in [6.45, 7) is 0. The highest BCUT2D eigenvalue weighted by atomic mass is 35.5. The van der Waals surface area contributed by atoms with Gasteiger partial charge in [-0.2, -0.15) is 0 Å². The summed E-state index contributed by atoms with van der Waals surface area (Å²) in [6.07, 6.45) is 0. The summed E-state index contributed by atoms with van der Waals surface area (Å²) in [6, 6.07) is 11.2. The normalized spacial score (nSPS) is 10.9. The van der Waals surface area contributed by atoms with Gasteiger partial charge in [0, 0.05) is 10.1 Å².